The van der Waals surface area contributed by atoms with Crippen LogP contribution in [0.3, 0.4) is 0 Å². The fourth-order valence-electron chi connectivity index (χ4n) is 2.27. The van der Waals surface area contributed by atoms with Gasteiger partial charge in [-0.2, -0.15) is 0 Å². The van der Waals surface area contributed by atoms with Gasteiger partial charge in [0.15, 0.2) is 0 Å². The van der Waals surface area contributed by atoms with Crippen molar-refractivity contribution in [3.05, 3.63) is 28.8 Å². The van der Waals surface area contributed by atoms with E-state index in [9.17, 15) is 9.59 Å². The molecule has 19 heavy (non-hydrogen) atoms. The first-order chi connectivity index (χ1) is 8.51. The topological polar surface area (TPSA) is 46.2 Å². The molecule has 1 aliphatic heterocycles. The van der Waals surface area contributed by atoms with E-state index in [1.807, 2.05) is 6.07 Å². The van der Waals surface area contributed by atoms with Crippen molar-refractivity contribution in [2.75, 3.05) is 5.32 Å². The number of Topliss-reactive ketones (excluding diaryl/α,β-unsaturated/α-hetero) is 1. The number of fused-ring (bicyclic) bond motifs is 1. The molecule has 1 heterocycles. The number of carbonyl (C=O) groups excluding carboxylic acids is 2. The largest absolute Gasteiger partial charge is 0.318 e. The van der Waals surface area contributed by atoms with Crippen LogP contribution in [0.25, 0.3) is 0 Å². The second-order valence-corrected chi connectivity index (χ2v) is 7.23. The predicted octanol–water partition coefficient (Wildman–Crippen LogP) is 3.42. The summed E-state index contributed by atoms with van der Waals surface area (Å²) in [6, 6.07) is 3.96. The van der Waals surface area contributed by atoms with Crippen molar-refractivity contribution in [3.63, 3.8) is 0 Å². The number of ketones is 1. The van der Waals surface area contributed by atoms with Gasteiger partial charge in [0.25, 0.3) is 11.7 Å². The Hall–Kier alpha value is -1.64. The molecule has 0 fully saturated rings. The van der Waals surface area contributed by atoms with Gasteiger partial charge >= 0.3 is 0 Å². The van der Waals surface area contributed by atoms with Crippen molar-refractivity contribution >= 4 is 17.4 Å². The summed E-state index contributed by atoms with van der Waals surface area (Å²) in [6.45, 7) is 12.6. The van der Waals surface area contributed by atoms with Crippen LogP contribution in [0, 0.1) is 0 Å². The van der Waals surface area contributed by atoms with Crippen molar-refractivity contribution in [2.45, 2.75) is 52.4 Å². The van der Waals surface area contributed by atoms with E-state index in [0.717, 1.165) is 11.1 Å². The van der Waals surface area contributed by atoms with Crippen LogP contribution in [0.15, 0.2) is 12.1 Å². The zero-order valence-corrected chi connectivity index (χ0v) is 12.5. The zero-order valence-electron chi connectivity index (χ0n) is 12.5. The molecule has 1 amide bonds. The van der Waals surface area contributed by atoms with Crippen LogP contribution in [-0.2, 0) is 15.6 Å². The smallest absolute Gasteiger partial charge is 0.296 e. The highest BCUT2D eigenvalue weighted by Gasteiger charge is 2.34. The number of anilines is 1. The minimum absolute atomic E-state index is 0.0546. The number of rotatable bonds is 0. The highest BCUT2D eigenvalue weighted by Crippen LogP contribution is 2.39. The molecule has 102 valence electrons. The second kappa shape index (κ2) is 3.92. The Morgan fingerprint density at radius 3 is 1.95 bits per heavy atom. The summed E-state index contributed by atoms with van der Waals surface area (Å²) < 4.78 is 0. The Balaban J connectivity index is 2.75. The minimum atomic E-state index is -0.522. The molecule has 0 atom stereocenters. The Labute approximate surface area is 114 Å². The molecule has 3 heteroatoms. The van der Waals surface area contributed by atoms with Crippen molar-refractivity contribution < 1.29 is 9.59 Å². The van der Waals surface area contributed by atoms with Crippen LogP contribution in [0.1, 0.15) is 63.0 Å². The summed E-state index contributed by atoms with van der Waals surface area (Å²) in [7, 11) is 0. The molecule has 1 aliphatic rings. The Bertz CT molecular complexity index is 572. The molecule has 0 unspecified atom stereocenters. The first-order valence-electron chi connectivity index (χ1n) is 6.56. The summed E-state index contributed by atoms with van der Waals surface area (Å²) in [5, 5.41) is 2.71. The first kappa shape index (κ1) is 13.8. The monoisotopic (exact) mass is 259 g/mol. The SMILES string of the molecule is CC(C)(C)c1cc2c(c(C(C)(C)C)c1)NC(=O)C2=O. The van der Waals surface area contributed by atoms with Gasteiger partial charge in [0.1, 0.15) is 0 Å². The lowest BCUT2D eigenvalue weighted by molar-refractivity contribution is -0.112. The maximum absolute atomic E-state index is 11.9. The van der Waals surface area contributed by atoms with E-state index in [-0.39, 0.29) is 10.8 Å². The van der Waals surface area contributed by atoms with Crippen LogP contribution in [0.2, 0.25) is 0 Å². The van der Waals surface area contributed by atoms with Gasteiger partial charge in [-0.25, -0.2) is 0 Å². The van der Waals surface area contributed by atoms with Gasteiger partial charge in [-0.3, -0.25) is 9.59 Å². The third kappa shape index (κ3) is 2.29. The Morgan fingerprint density at radius 2 is 1.47 bits per heavy atom. The summed E-state index contributed by atoms with van der Waals surface area (Å²) in [5.74, 6) is -0.946. The van der Waals surface area contributed by atoms with Gasteiger partial charge in [-0.1, -0.05) is 47.6 Å². The molecule has 0 aliphatic carbocycles. The average Bonchev–Trinajstić information content (AvgIpc) is 2.51. The van der Waals surface area contributed by atoms with Crippen molar-refractivity contribution in [1.29, 1.82) is 0 Å². The molecular formula is C16H21NO2. The number of hydrogen-bond donors (Lipinski definition) is 1. The third-order valence-electron chi connectivity index (χ3n) is 3.50. The standard InChI is InChI=1S/C16H21NO2/c1-15(2,3)9-7-10-12(17-14(19)13(10)18)11(8-9)16(4,5)6/h7-8H,1-6H3,(H,17,18,19). The second-order valence-electron chi connectivity index (χ2n) is 7.23. The number of hydrogen-bond acceptors (Lipinski definition) is 2. The van der Waals surface area contributed by atoms with Gasteiger partial charge in [0.05, 0.1) is 11.3 Å². The van der Waals surface area contributed by atoms with E-state index in [1.165, 1.54) is 0 Å². The van der Waals surface area contributed by atoms with Gasteiger partial charge in [0.2, 0.25) is 0 Å². The van der Waals surface area contributed by atoms with Crippen molar-refractivity contribution in [3.8, 4) is 0 Å². The molecule has 0 spiro atoms. The van der Waals surface area contributed by atoms with Crippen LogP contribution >= 0.6 is 0 Å². The Kier molecular flexibility index (Phi) is 2.85. The van der Waals surface area contributed by atoms with Crippen molar-refractivity contribution in [1.82, 2.24) is 0 Å². The number of benzene rings is 1. The van der Waals surface area contributed by atoms with E-state index in [0.29, 0.717) is 11.3 Å². The minimum Gasteiger partial charge on any atom is -0.318 e. The molecule has 1 N–H and O–H groups in total. The number of nitrogens with one attached hydrogen (secondary N) is 1. The molecule has 1 aromatic rings. The Morgan fingerprint density at radius 1 is 0.895 bits per heavy atom. The lowest BCUT2D eigenvalue weighted by Crippen LogP contribution is -2.18. The molecule has 3 nitrogen and oxygen atoms in total. The van der Waals surface area contributed by atoms with Gasteiger partial charge < -0.3 is 5.32 Å². The summed E-state index contributed by atoms with van der Waals surface area (Å²) in [4.78, 5) is 23.6. The normalized spacial score (nSPS) is 15.5. The average molecular weight is 259 g/mol. The van der Waals surface area contributed by atoms with Crippen LogP contribution in [0.4, 0.5) is 5.69 Å². The molecule has 0 radical (unpaired) electrons. The highest BCUT2D eigenvalue weighted by molar-refractivity contribution is 6.51. The highest BCUT2D eigenvalue weighted by atomic mass is 16.2. The maximum Gasteiger partial charge on any atom is 0.296 e. The molecule has 0 saturated carbocycles. The molecule has 0 aromatic heterocycles. The van der Waals surface area contributed by atoms with Gasteiger partial charge in [-0.15, -0.1) is 0 Å². The fourth-order valence-corrected chi connectivity index (χ4v) is 2.27. The number of carbonyl (C=O) groups is 2. The van der Waals surface area contributed by atoms with E-state index in [4.69, 9.17) is 0 Å². The lowest BCUT2D eigenvalue weighted by atomic mass is 9.78. The van der Waals surface area contributed by atoms with E-state index in [2.05, 4.69) is 52.9 Å². The summed E-state index contributed by atoms with van der Waals surface area (Å²) >= 11 is 0. The molecular weight excluding hydrogens is 238 g/mol. The molecule has 0 bridgehead atoms. The van der Waals surface area contributed by atoms with Crippen LogP contribution in [-0.4, -0.2) is 11.7 Å². The maximum atomic E-state index is 11.9. The molecule has 2 rings (SSSR count). The van der Waals surface area contributed by atoms with Crippen LogP contribution < -0.4 is 5.32 Å². The number of amides is 1. The quantitative estimate of drug-likeness (QED) is 0.726. The van der Waals surface area contributed by atoms with Crippen molar-refractivity contribution in [2.24, 2.45) is 0 Å². The third-order valence-corrected chi connectivity index (χ3v) is 3.50. The van der Waals surface area contributed by atoms with E-state index < -0.39 is 11.7 Å². The van der Waals surface area contributed by atoms with Crippen LogP contribution in [0.5, 0.6) is 0 Å². The summed E-state index contributed by atoms with van der Waals surface area (Å²) in [6.07, 6.45) is 0. The molecule has 0 saturated heterocycles. The molecule has 1 aromatic carbocycles. The first-order valence-corrected chi connectivity index (χ1v) is 6.56. The lowest BCUT2D eigenvalue weighted by Gasteiger charge is -2.27. The van der Waals surface area contributed by atoms with E-state index >= 15 is 0 Å². The summed E-state index contributed by atoms with van der Waals surface area (Å²) in [5.41, 5.74) is 3.14. The van der Waals surface area contributed by atoms with Gasteiger partial charge in [-0.05, 0) is 28.0 Å². The van der Waals surface area contributed by atoms with E-state index in [1.54, 1.807) is 0 Å². The van der Waals surface area contributed by atoms with Gasteiger partial charge in [0, 0.05) is 0 Å². The predicted molar refractivity (Wildman–Crippen MR) is 76.8 cm³/mol. The zero-order chi connectivity index (χ0) is 14.6. The fraction of sp³-hybridized carbons (Fsp3) is 0.500.